The van der Waals surface area contributed by atoms with Crippen LogP contribution in [0.4, 0.5) is 10.8 Å². The van der Waals surface area contributed by atoms with E-state index in [1.54, 1.807) is 24.3 Å². The van der Waals surface area contributed by atoms with Crippen LogP contribution in [0.3, 0.4) is 0 Å². The van der Waals surface area contributed by atoms with Crippen LogP contribution in [0.1, 0.15) is 0 Å². The number of aliphatic hydroxyl groups excluding tert-OH is 1. The van der Waals surface area contributed by atoms with Gasteiger partial charge in [0, 0.05) is 5.56 Å². The number of aromatic nitrogens is 2. The van der Waals surface area contributed by atoms with Crippen molar-refractivity contribution in [1.82, 2.24) is 9.97 Å². The van der Waals surface area contributed by atoms with Crippen LogP contribution in [-0.2, 0) is 10.0 Å². The summed E-state index contributed by atoms with van der Waals surface area (Å²) in [4.78, 5) is 9.46. The van der Waals surface area contributed by atoms with Crippen molar-refractivity contribution in [2.75, 3.05) is 29.4 Å². The molecule has 0 fully saturated rings. The van der Waals surface area contributed by atoms with E-state index in [1.165, 1.54) is 11.3 Å². The molecule has 0 atom stereocenters. The minimum Gasteiger partial charge on any atom is -0.394 e. The molecular formula is C15H16N4O3S2. The molecule has 3 aromatic rings. The summed E-state index contributed by atoms with van der Waals surface area (Å²) in [6.45, 7) is -0.234. The van der Waals surface area contributed by atoms with E-state index in [9.17, 15) is 8.42 Å². The average molecular weight is 364 g/mol. The lowest BCUT2D eigenvalue weighted by Gasteiger charge is -2.21. The van der Waals surface area contributed by atoms with Gasteiger partial charge in [0.2, 0.25) is 10.0 Å². The number of hydrogen-bond donors (Lipinski definition) is 2. The zero-order valence-corrected chi connectivity index (χ0v) is 14.5. The first-order valence-corrected chi connectivity index (χ1v) is 9.77. The van der Waals surface area contributed by atoms with E-state index in [0.29, 0.717) is 10.8 Å². The number of benzene rings is 1. The summed E-state index contributed by atoms with van der Waals surface area (Å²) in [6, 6.07) is 10.7. The lowest BCUT2D eigenvalue weighted by Crippen LogP contribution is -2.32. The summed E-state index contributed by atoms with van der Waals surface area (Å²) in [5.41, 5.74) is 8.55. The first-order chi connectivity index (χ1) is 11.4. The molecule has 1 aromatic carbocycles. The first-order valence-electron chi connectivity index (χ1n) is 7.10. The standard InChI is InChI=1S/C15H16N4O3S2/c1-24(21,22)19(8-9-20)11-4-2-10(3-5-11)12-6-7-13-14(17-12)23-15(16)18-13/h2-7,20H,8-9H2,1H3,(H2,16,18). The van der Waals surface area contributed by atoms with Crippen LogP contribution < -0.4 is 10.0 Å². The Morgan fingerprint density at radius 1 is 1.17 bits per heavy atom. The Morgan fingerprint density at radius 2 is 1.88 bits per heavy atom. The molecular weight excluding hydrogens is 348 g/mol. The van der Waals surface area contributed by atoms with Gasteiger partial charge in [-0.2, -0.15) is 0 Å². The number of fused-ring (bicyclic) bond motifs is 1. The average Bonchev–Trinajstić information content (AvgIpc) is 2.91. The predicted molar refractivity (Wildman–Crippen MR) is 96.5 cm³/mol. The lowest BCUT2D eigenvalue weighted by atomic mass is 10.1. The zero-order valence-electron chi connectivity index (χ0n) is 12.9. The summed E-state index contributed by atoms with van der Waals surface area (Å²) in [5, 5.41) is 9.54. The molecule has 3 N–H and O–H groups in total. The third kappa shape index (κ3) is 3.32. The quantitative estimate of drug-likeness (QED) is 0.713. The van der Waals surface area contributed by atoms with E-state index in [0.717, 1.165) is 32.2 Å². The normalized spacial score (nSPS) is 11.8. The van der Waals surface area contributed by atoms with Crippen LogP contribution in [0, 0.1) is 0 Å². The summed E-state index contributed by atoms with van der Waals surface area (Å²) in [6.07, 6.45) is 1.11. The molecule has 7 nitrogen and oxygen atoms in total. The second-order valence-electron chi connectivity index (χ2n) is 5.18. The van der Waals surface area contributed by atoms with Gasteiger partial charge in [-0.25, -0.2) is 18.4 Å². The number of nitrogens with two attached hydrogens (primary N) is 1. The number of aliphatic hydroxyl groups is 1. The topological polar surface area (TPSA) is 109 Å². The zero-order chi connectivity index (χ0) is 17.3. The number of thiazole rings is 1. The van der Waals surface area contributed by atoms with Gasteiger partial charge in [-0.3, -0.25) is 4.31 Å². The Morgan fingerprint density at radius 3 is 2.50 bits per heavy atom. The fourth-order valence-corrected chi connectivity index (χ4v) is 3.99. The number of hydrogen-bond acceptors (Lipinski definition) is 7. The van der Waals surface area contributed by atoms with E-state index in [4.69, 9.17) is 10.8 Å². The fourth-order valence-electron chi connectivity index (χ4n) is 2.37. The van der Waals surface area contributed by atoms with Gasteiger partial charge in [0.15, 0.2) is 5.13 Å². The number of nitrogen functional groups attached to an aromatic ring is 1. The Balaban J connectivity index is 1.95. The maximum Gasteiger partial charge on any atom is 0.232 e. The highest BCUT2D eigenvalue weighted by Gasteiger charge is 2.16. The molecule has 0 saturated carbocycles. The van der Waals surface area contributed by atoms with Crippen LogP contribution in [0.2, 0.25) is 0 Å². The molecule has 0 aliphatic carbocycles. The molecule has 126 valence electrons. The van der Waals surface area contributed by atoms with Gasteiger partial charge in [-0.15, -0.1) is 0 Å². The second kappa shape index (κ2) is 6.34. The number of rotatable bonds is 5. The number of nitrogens with zero attached hydrogens (tertiary/aromatic N) is 3. The highest BCUT2D eigenvalue weighted by molar-refractivity contribution is 7.92. The van der Waals surface area contributed by atoms with Gasteiger partial charge in [0.25, 0.3) is 0 Å². The third-order valence-corrected chi connectivity index (χ3v) is 5.41. The molecule has 0 aliphatic heterocycles. The van der Waals surface area contributed by atoms with E-state index < -0.39 is 10.0 Å². The first kappa shape index (κ1) is 16.6. The fraction of sp³-hybridized carbons (Fsp3) is 0.200. The van der Waals surface area contributed by atoms with Crippen molar-refractivity contribution in [2.24, 2.45) is 0 Å². The van der Waals surface area contributed by atoms with Crippen molar-refractivity contribution in [1.29, 1.82) is 0 Å². The molecule has 2 aromatic heterocycles. The number of anilines is 2. The van der Waals surface area contributed by atoms with Gasteiger partial charge in [0.1, 0.15) is 10.3 Å². The van der Waals surface area contributed by atoms with Gasteiger partial charge in [-0.05, 0) is 24.3 Å². The van der Waals surface area contributed by atoms with Crippen molar-refractivity contribution >= 4 is 42.5 Å². The van der Waals surface area contributed by atoms with Crippen molar-refractivity contribution < 1.29 is 13.5 Å². The van der Waals surface area contributed by atoms with Crippen LogP contribution >= 0.6 is 11.3 Å². The third-order valence-electron chi connectivity index (χ3n) is 3.43. The summed E-state index contributed by atoms with van der Waals surface area (Å²) < 4.78 is 24.8. The van der Waals surface area contributed by atoms with Crippen molar-refractivity contribution in [3.63, 3.8) is 0 Å². The van der Waals surface area contributed by atoms with Crippen molar-refractivity contribution in [3.8, 4) is 11.3 Å². The summed E-state index contributed by atoms with van der Waals surface area (Å²) in [5.74, 6) is 0. The Hall–Kier alpha value is -2.23. The predicted octanol–water partition coefficient (Wildman–Crippen LogP) is 1.70. The van der Waals surface area contributed by atoms with Crippen LogP contribution in [0.5, 0.6) is 0 Å². The highest BCUT2D eigenvalue weighted by atomic mass is 32.2. The van der Waals surface area contributed by atoms with Crippen LogP contribution in [0.15, 0.2) is 36.4 Å². The SMILES string of the molecule is CS(=O)(=O)N(CCO)c1ccc(-c2ccc3nc(N)sc3n2)cc1. The largest absolute Gasteiger partial charge is 0.394 e. The smallest absolute Gasteiger partial charge is 0.232 e. The molecule has 9 heteroatoms. The van der Waals surface area contributed by atoms with E-state index in [2.05, 4.69) is 9.97 Å². The molecule has 0 radical (unpaired) electrons. The molecule has 0 unspecified atom stereocenters. The van der Waals surface area contributed by atoms with Gasteiger partial charge < -0.3 is 10.8 Å². The minimum absolute atomic E-state index is 0.0164. The molecule has 0 amide bonds. The number of pyridine rings is 1. The molecule has 0 bridgehead atoms. The second-order valence-corrected chi connectivity index (χ2v) is 8.09. The molecule has 0 saturated heterocycles. The van der Waals surface area contributed by atoms with E-state index in [1.807, 2.05) is 12.1 Å². The van der Waals surface area contributed by atoms with E-state index >= 15 is 0 Å². The molecule has 0 spiro atoms. The van der Waals surface area contributed by atoms with Gasteiger partial charge >= 0.3 is 0 Å². The van der Waals surface area contributed by atoms with Crippen molar-refractivity contribution in [3.05, 3.63) is 36.4 Å². The number of sulfonamides is 1. The monoisotopic (exact) mass is 364 g/mol. The Labute approximate surface area is 143 Å². The maximum absolute atomic E-state index is 11.8. The summed E-state index contributed by atoms with van der Waals surface area (Å²) in [7, 11) is -3.45. The summed E-state index contributed by atoms with van der Waals surface area (Å²) >= 11 is 1.32. The van der Waals surface area contributed by atoms with Crippen LogP contribution in [-0.4, -0.2) is 42.9 Å². The Bertz CT molecular complexity index is 968. The molecule has 24 heavy (non-hydrogen) atoms. The molecule has 3 rings (SSSR count). The maximum atomic E-state index is 11.8. The lowest BCUT2D eigenvalue weighted by molar-refractivity contribution is 0.307. The van der Waals surface area contributed by atoms with Gasteiger partial charge in [0.05, 0.1) is 30.8 Å². The van der Waals surface area contributed by atoms with Gasteiger partial charge in [-0.1, -0.05) is 23.5 Å². The molecule has 2 heterocycles. The van der Waals surface area contributed by atoms with E-state index in [-0.39, 0.29) is 13.2 Å². The molecule has 0 aliphatic rings. The Kier molecular flexibility index (Phi) is 4.39. The minimum atomic E-state index is -3.45. The van der Waals surface area contributed by atoms with Crippen LogP contribution in [0.25, 0.3) is 21.6 Å². The van der Waals surface area contributed by atoms with Crippen molar-refractivity contribution in [2.45, 2.75) is 0 Å². The highest BCUT2D eigenvalue weighted by Crippen LogP contribution is 2.27.